The predicted octanol–water partition coefficient (Wildman–Crippen LogP) is 11.0. The number of benzene rings is 10. The van der Waals surface area contributed by atoms with Gasteiger partial charge < -0.3 is 19.6 Å². The van der Waals surface area contributed by atoms with Gasteiger partial charge >= 0.3 is 0 Å². The Labute approximate surface area is 373 Å². The zero-order valence-electron chi connectivity index (χ0n) is 34.9. The summed E-state index contributed by atoms with van der Waals surface area (Å²) in [5.41, 5.74) is 22.2. The van der Waals surface area contributed by atoms with Crippen LogP contribution in [0.15, 0.2) is 231 Å². The van der Waals surface area contributed by atoms with Gasteiger partial charge in [0.25, 0.3) is 13.4 Å². The molecule has 0 spiro atoms. The molecule has 0 N–H and O–H groups in total. The van der Waals surface area contributed by atoms with E-state index in [1.165, 1.54) is 89.0 Å². The van der Waals surface area contributed by atoms with Gasteiger partial charge in [-0.05, 0) is 118 Å². The maximum absolute atomic E-state index is 2.55. The number of para-hydroxylation sites is 6. The lowest BCUT2D eigenvalue weighted by atomic mass is 9.32. The van der Waals surface area contributed by atoms with E-state index < -0.39 is 0 Å². The summed E-state index contributed by atoms with van der Waals surface area (Å²) in [6.07, 6.45) is 0. The van der Waals surface area contributed by atoms with E-state index in [1.807, 2.05) is 0 Å². The van der Waals surface area contributed by atoms with Crippen molar-refractivity contribution in [1.29, 1.82) is 0 Å². The highest BCUT2D eigenvalue weighted by Crippen LogP contribution is 2.50. The first-order valence-electron chi connectivity index (χ1n) is 22.3. The first-order chi connectivity index (χ1) is 31.8. The van der Waals surface area contributed by atoms with Crippen molar-refractivity contribution >= 4 is 125 Å². The van der Waals surface area contributed by atoms with Crippen molar-refractivity contribution < 1.29 is 0 Å². The average molecular weight is 813 g/mol. The molecule has 10 aromatic carbocycles. The fourth-order valence-electron chi connectivity index (χ4n) is 11.6. The molecule has 4 heterocycles. The topological polar surface area (TPSA) is 13.0 Å². The second-order valence-corrected chi connectivity index (χ2v) is 17.2. The van der Waals surface area contributed by atoms with Crippen LogP contribution in [0, 0.1) is 0 Å². The van der Waals surface area contributed by atoms with Gasteiger partial charge in [-0.3, -0.25) is 0 Å². The lowest BCUT2D eigenvalue weighted by molar-refractivity contribution is 1.25. The fraction of sp³-hybridized carbons (Fsp3) is 0. The van der Waals surface area contributed by atoms with Crippen molar-refractivity contribution in [2.24, 2.45) is 0 Å². The van der Waals surface area contributed by atoms with Crippen LogP contribution < -0.4 is 52.4 Å². The highest BCUT2D eigenvalue weighted by molar-refractivity contribution is 7.01. The van der Waals surface area contributed by atoms with Crippen LogP contribution in [-0.2, 0) is 0 Å². The Morgan fingerprint density at radius 2 is 0.516 bits per heavy atom. The van der Waals surface area contributed by atoms with E-state index >= 15 is 0 Å². The summed E-state index contributed by atoms with van der Waals surface area (Å²) in [5, 5.41) is 2.46. The molecule has 0 aliphatic carbocycles. The number of fused-ring (bicyclic) bond motifs is 11. The molecular formula is C58H38B2N4. The molecule has 4 aliphatic heterocycles. The quantitative estimate of drug-likeness (QED) is 0.164. The van der Waals surface area contributed by atoms with Gasteiger partial charge in [0.05, 0.1) is 0 Å². The monoisotopic (exact) mass is 812 g/mol. The largest absolute Gasteiger partial charge is 0.311 e. The average Bonchev–Trinajstić information content (AvgIpc) is 3.37. The van der Waals surface area contributed by atoms with Gasteiger partial charge in [0.15, 0.2) is 0 Å². The van der Waals surface area contributed by atoms with E-state index in [0.717, 1.165) is 22.7 Å². The number of hydrogen-bond acceptors (Lipinski definition) is 4. The second kappa shape index (κ2) is 13.6. The molecule has 64 heavy (non-hydrogen) atoms. The third kappa shape index (κ3) is 4.85. The van der Waals surface area contributed by atoms with E-state index in [-0.39, 0.29) is 13.4 Å². The van der Waals surface area contributed by atoms with Crippen LogP contribution in [0.1, 0.15) is 0 Å². The van der Waals surface area contributed by atoms with Crippen LogP contribution in [0.25, 0.3) is 10.8 Å². The van der Waals surface area contributed by atoms with Crippen LogP contribution in [-0.4, -0.2) is 13.4 Å². The van der Waals surface area contributed by atoms with Crippen LogP contribution in [0.2, 0.25) is 0 Å². The van der Waals surface area contributed by atoms with Gasteiger partial charge in [-0.15, -0.1) is 0 Å². The van der Waals surface area contributed by atoms with E-state index in [2.05, 4.69) is 250 Å². The standard InChI is InChI=1S/C58H38B2N4/c1-5-19-39(20-6-1)61-49-29-15-13-27-45(49)59-47-37-35-44-43(57(47)63(41-23-9-3-10-24-41)53-33-17-31-51(61)55(53)59)36-38-48-58(44)64(42-25-11-4-12-26-42)54-34-18-32-52-56(54)60(48)46-28-14-16-30-50(46)62(52)40-21-7-2-8-22-40/h1-38H. The van der Waals surface area contributed by atoms with E-state index in [1.54, 1.807) is 0 Å². The molecule has 0 aromatic heterocycles. The van der Waals surface area contributed by atoms with Crippen LogP contribution in [0.4, 0.5) is 68.2 Å². The predicted molar refractivity (Wildman–Crippen MR) is 272 cm³/mol. The van der Waals surface area contributed by atoms with Gasteiger partial charge in [-0.1, -0.05) is 146 Å². The molecule has 0 amide bonds. The maximum atomic E-state index is 2.55. The minimum Gasteiger partial charge on any atom is -0.311 e. The summed E-state index contributed by atoms with van der Waals surface area (Å²) in [6, 6.07) is 85.2. The first kappa shape index (κ1) is 35.4. The Morgan fingerprint density at radius 1 is 0.219 bits per heavy atom. The molecule has 0 fully saturated rings. The van der Waals surface area contributed by atoms with Crippen LogP contribution in [0.5, 0.6) is 0 Å². The molecule has 14 rings (SSSR count). The minimum atomic E-state index is 0.0282. The highest BCUT2D eigenvalue weighted by Gasteiger charge is 2.46. The van der Waals surface area contributed by atoms with E-state index in [0.29, 0.717) is 0 Å². The SMILES string of the molecule is c1ccc(N2c3ccccc3B3c4ccc5c6c(ccc5c4N(c4ccccc4)c4cccc2c43)B2c3ccccc3N(c3ccccc3)c3cccc(c32)N6c2ccccc2)cc1. The van der Waals surface area contributed by atoms with Gasteiger partial charge in [-0.2, -0.15) is 0 Å². The molecule has 0 saturated carbocycles. The molecular weight excluding hydrogens is 774 g/mol. The van der Waals surface area contributed by atoms with Crippen molar-refractivity contribution in [3.05, 3.63) is 231 Å². The summed E-state index contributed by atoms with van der Waals surface area (Å²) >= 11 is 0. The molecule has 10 aromatic rings. The molecule has 296 valence electrons. The fourth-order valence-corrected chi connectivity index (χ4v) is 11.6. The Hall–Kier alpha value is -8.21. The van der Waals surface area contributed by atoms with Gasteiger partial charge in [0.2, 0.25) is 0 Å². The molecule has 0 saturated heterocycles. The van der Waals surface area contributed by atoms with Crippen molar-refractivity contribution in [1.82, 2.24) is 0 Å². The Morgan fingerprint density at radius 3 is 0.891 bits per heavy atom. The van der Waals surface area contributed by atoms with E-state index in [4.69, 9.17) is 0 Å². The maximum Gasteiger partial charge on any atom is 0.252 e. The Balaban J connectivity index is 1.07. The molecule has 4 aliphatic rings. The molecule has 0 atom stereocenters. The summed E-state index contributed by atoms with van der Waals surface area (Å²) in [7, 11) is 0. The van der Waals surface area contributed by atoms with Crippen molar-refractivity contribution in [3.8, 4) is 0 Å². The Kier molecular flexibility index (Phi) is 7.55. The molecule has 4 nitrogen and oxygen atoms in total. The zero-order chi connectivity index (χ0) is 41.9. The zero-order valence-corrected chi connectivity index (χ0v) is 34.9. The van der Waals surface area contributed by atoms with Gasteiger partial charge in [0, 0.05) is 79.0 Å². The molecule has 0 radical (unpaired) electrons. The highest BCUT2D eigenvalue weighted by atomic mass is 15.2. The van der Waals surface area contributed by atoms with Gasteiger partial charge in [0.1, 0.15) is 0 Å². The molecule has 6 heteroatoms. The van der Waals surface area contributed by atoms with Crippen molar-refractivity contribution in [3.63, 3.8) is 0 Å². The lowest BCUT2D eigenvalue weighted by Gasteiger charge is -2.46. The normalized spacial score (nSPS) is 13.8. The minimum absolute atomic E-state index is 0.0282. The first-order valence-corrected chi connectivity index (χ1v) is 22.3. The number of rotatable bonds is 4. The summed E-state index contributed by atoms with van der Waals surface area (Å²) in [5.74, 6) is 0. The molecule has 0 bridgehead atoms. The summed E-state index contributed by atoms with van der Waals surface area (Å²) in [6.45, 7) is 0.0564. The van der Waals surface area contributed by atoms with E-state index in [9.17, 15) is 0 Å². The molecule has 0 unspecified atom stereocenters. The van der Waals surface area contributed by atoms with Crippen LogP contribution in [0.3, 0.4) is 0 Å². The third-order valence-electron chi connectivity index (χ3n) is 14.0. The summed E-state index contributed by atoms with van der Waals surface area (Å²) in [4.78, 5) is 10.0. The third-order valence-corrected chi connectivity index (χ3v) is 14.0. The lowest BCUT2D eigenvalue weighted by Crippen LogP contribution is -2.62. The smallest absolute Gasteiger partial charge is 0.252 e. The number of anilines is 12. The van der Waals surface area contributed by atoms with Crippen molar-refractivity contribution in [2.45, 2.75) is 0 Å². The second-order valence-electron chi connectivity index (χ2n) is 17.2. The Bertz CT molecular complexity index is 3260. The van der Waals surface area contributed by atoms with Gasteiger partial charge in [-0.25, -0.2) is 0 Å². The van der Waals surface area contributed by atoms with Crippen LogP contribution >= 0.6 is 0 Å². The summed E-state index contributed by atoms with van der Waals surface area (Å²) < 4.78 is 0. The number of hydrogen-bond donors (Lipinski definition) is 0. The number of nitrogens with zero attached hydrogens (tertiary/aromatic N) is 4. The van der Waals surface area contributed by atoms with Crippen molar-refractivity contribution in [2.75, 3.05) is 19.6 Å².